The maximum absolute atomic E-state index is 13.9. The molecule has 2 rings (SSSR count). The number of hydrogen-bond acceptors (Lipinski definition) is 3. The summed E-state index contributed by atoms with van der Waals surface area (Å²) in [7, 11) is -3.86. The lowest BCUT2D eigenvalue weighted by molar-refractivity contribution is 0.421. The summed E-state index contributed by atoms with van der Waals surface area (Å²) in [5.74, 6) is -2.02. The zero-order valence-electron chi connectivity index (χ0n) is 10.7. The maximum Gasteiger partial charge on any atom is 0.306 e. The van der Waals surface area contributed by atoms with Crippen molar-refractivity contribution in [2.24, 2.45) is 0 Å². The van der Waals surface area contributed by atoms with Crippen molar-refractivity contribution in [2.45, 2.75) is 38.0 Å². The SMILES string of the molecule is CS(=O)(=O)Oc1cc(F)c(C2CCCCC2)cc1F. The van der Waals surface area contributed by atoms with Crippen molar-refractivity contribution in [3.63, 3.8) is 0 Å². The molecule has 0 aromatic heterocycles. The lowest BCUT2D eigenvalue weighted by atomic mass is 9.84. The molecule has 1 aliphatic rings. The molecule has 1 aromatic carbocycles. The summed E-state index contributed by atoms with van der Waals surface area (Å²) in [6, 6.07) is 1.88. The molecule has 1 aromatic rings. The first-order chi connectivity index (χ1) is 8.87. The summed E-state index contributed by atoms with van der Waals surface area (Å²) < 4.78 is 54.0. The molecule has 0 amide bonds. The van der Waals surface area contributed by atoms with Crippen LogP contribution >= 0.6 is 0 Å². The van der Waals surface area contributed by atoms with Gasteiger partial charge in [0.2, 0.25) is 0 Å². The van der Waals surface area contributed by atoms with E-state index in [9.17, 15) is 17.2 Å². The van der Waals surface area contributed by atoms with Crippen molar-refractivity contribution in [2.75, 3.05) is 6.26 Å². The lowest BCUT2D eigenvalue weighted by Crippen LogP contribution is -2.10. The maximum atomic E-state index is 13.9. The van der Waals surface area contributed by atoms with Gasteiger partial charge in [-0.2, -0.15) is 8.42 Å². The first-order valence-electron chi connectivity index (χ1n) is 6.25. The standard InChI is InChI=1S/C13H16F2O3S/c1-19(16,17)18-13-8-11(14)10(7-12(13)15)9-5-3-2-4-6-9/h7-9H,2-6H2,1H3. The summed E-state index contributed by atoms with van der Waals surface area (Å²) in [4.78, 5) is 0. The van der Waals surface area contributed by atoms with E-state index in [4.69, 9.17) is 0 Å². The predicted octanol–water partition coefficient (Wildman–Crippen LogP) is 3.35. The zero-order valence-corrected chi connectivity index (χ0v) is 11.5. The van der Waals surface area contributed by atoms with Gasteiger partial charge in [-0.05, 0) is 30.4 Å². The molecule has 1 saturated carbocycles. The largest absolute Gasteiger partial charge is 0.379 e. The molecule has 19 heavy (non-hydrogen) atoms. The first kappa shape index (κ1) is 14.2. The third kappa shape index (κ3) is 3.65. The van der Waals surface area contributed by atoms with Gasteiger partial charge in [0, 0.05) is 6.07 Å². The quantitative estimate of drug-likeness (QED) is 0.802. The monoisotopic (exact) mass is 290 g/mol. The summed E-state index contributed by atoms with van der Waals surface area (Å²) >= 11 is 0. The van der Waals surface area contributed by atoms with Crippen molar-refractivity contribution >= 4 is 10.1 Å². The second kappa shape index (κ2) is 5.45. The Labute approximate surface area is 111 Å². The van der Waals surface area contributed by atoms with Crippen LogP contribution in [0.25, 0.3) is 0 Å². The third-order valence-corrected chi connectivity index (χ3v) is 3.82. The van der Waals surface area contributed by atoms with Crippen LogP contribution in [-0.2, 0) is 10.1 Å². The lowest BCUT2D eigenvalue weighted by Gasteiger charge is -2.22. The Balaban J connectivity index is 2.30. The summed E-state index contributed by atoms with van der Waals surface area (Å²) in [5, 5.41) is 0. The van der Waals surface area contributed by atoms with Gasteiger partial charge in [0.25, 0.3) is 0 Å². The number of benzene rings is 1. The van der Waals surface area contributed by atoms with E-state index in [2.05, 4.69) is 4.18 Å². The Morgan fingerprint density at radius 2 is 1.74 bits per heavy atom. The average molecular weight is 290 g/mol. The molecule has 106 valence electrons. The van der Waals surface area contributed by atoms with E-state index in [-0.39, 0.29) is 5.92 Å². The smallest absolute Gasteiger partial charge is 0.306 e. The Kier molecular flexibility index (Phi) is 4.08. The normalized spacial score (nSPS) is 17.4. The molecule has 0 bridgehead atoms. The van der Waals surface area contributed by atoms with Crippen molar-refractivity contribution in [1.29, 1.82) is 0 Å². The van der Waals surface area contributed by atoms with Crippen LogP contribution in [0.2, 0.25) is 0 Å². The van der Waals surface area contributed by atoms with Crippen LogP contribution in [0.1, 0.15) is 43.6 Å². The molecule has 6 heteroatoms. The Hall–Kier alpha value is -1.17. The van der Waals surface area contributed by atoms with Crippen LogP contribution in [0.3, 0.4) is 0 Å². The van der Waals surface area contributed by atoms with E-state index < -0.39 is 27.5 Å². The molecule has 0 spiro atoms. The van der Waals surface area contributed by atoms with Crippen LogP contribution in [0, 0.1) is 11.6 Å². The molecule has 0 N–H and O–H groups in total. The molecule has 1 aliphatic carbocycles. The second-order valence-electron chi connectivity index (χ2n) is 4.93. The van der Waals surface area contributed by atoms with Gasteiger partial charge in [0.05, 0.1) is 6.26 Å². The summed E-state index contributed by atoms with van der Waals surface area (Å²) in [6.45, 7) is 0. The van der Waals surface area contributed by atoms with Crippen LogP contribution < -0.4 is 4.18 Å². The molecule has 3 nitrogen and oxygen atoms in total. The molecule has 0 atom stereocenters. The second-order valence-corrected chi connectivity index (χ2v) is 6.50. The molecular weight excluding hydrogens is 274 g/mol. The molecule has 1 fully saturated rings. The highest BCUT2D eigenvalue weighted by Crippen LogP contribution is 2.36. The Bertz CT molecular complexity index is 563. The number of halogens is 2. The average Bonchev–Trinajstić information content (AvgIpc) is 2.33. The van der Waals surface area contributed by atoms with Gasteiger partial charge < -0.3 is 4.18 Å². The number of rotatable bonds is 3. The Morgan fingerprint density at radius 1 is 1.11 bits per heavy atom. The van der Waals surface area contributed by atoms with E-state index in [1.165, 1.54) is 0 Å². The van der Waals surface area contributed by atoms with Gasteiger partial charge in [0.1, 0.15) is 5.82 Å². The minimum Gasteiger partial charge on any atom is -0.379 e. The van der Waals surface area contributed by atoms with Crippen LogP contribution in [-0.4, -0.2) is 14.7 Å². The highest BCUT2D eigenvalue weighted by Gasteiger charge is 2.22. The van der Waals surface area contributed by atoms with E-state index in [1.807, 2.05) is 0 Å². The van der Waals surface area contributed by atoms with E-state index in [0.717, 1.165) is 50.5 Å². The molecule has 0 heterocycles. The molecule has 0 radical (unpaired) electrons. The van der Waals surface area contributed by atoms with E-state index in [0.29, 0.717) is 5.56 Å². The molecule has 0 saturated heterocycles. The van der Waals surface area contributed by atoms with Crippen LogP contribution in [0.4, 0.5) is 8.78 Å². The summed E-state index contributed by atoms with van der Waals surface area (Å²) in [6.07, 6.45) is 5.60. The van der Waals surface area contributed by atoms with Gasteiger partial charge in [-0.25, -0.2) is 8.78 Å². The highest BCUT2D eigenvalue weighted by atomic mass is 32.2. The van der Waals surface area contributed by atoms with E-state index >= 15 is 0 Å². The minimum absolute atomic E-state index is 0.00975. The fraction of sp³-hybridized carbons (Fsp3) is 0.538. The van der Waals surface area contributed by atoms with Gasteiger partial charge >= 0.3 is 10.1 Å². The van der Waals surface area contributed by atoms with Gasteiger partial charge in [0.15, 0.2) is 11.6 Å². The van der Waals surface area contributed by atoms with Crippen molar-refractivity contribution < 1.29 is 21.4 Å². The zero-order chi connectivity index (χ0) is 14.0. The molecule has 0 unspecified atom stereocenters. The van der Waals surface area contributed by atoms with Crippen molar-refractivity contribution in [3.05, 3.63) is 29.3 Å². The van der Waals surface area contributed by atoms with Gasteiger partial charge in [-0.3, -0.25) is 0 Å². The Morgan fingerprint density at radius 3 is 2.32 bits per heavy atom. The van der Waals surface area contributed by atoms with E-state index in [1.54, 1.807) is 0 Å². The topological polar surface area (TPSA) is 43.4 Å². The third-order valence-electron chi connectivity index (χ3n) is 3.34. The van der Waals surface area contributed by atoms with Crippen LogP contribution in [0.5, 0.6) is 5.75 Å². The predicted molar refractivity (Wildman–Crippen MR) is 67.7 cm³/mol. The van der Waals surface area contributed by atoms with Gasteiger partial charge in [-0.15, -0.1) is 0 Å². The highest BCUT2D eigenvalue weighted by molar-refractivity contribution is 7.86. The first-order valence-corrected chi connectivity index (χ1v) is 8.07. The number of hydrogen-bond donors (Lipinski definition) is 0. The molecular formula is C13H16F2O3S. The molecule has 0 aliphatic heterocycles. The van der Waals surface area contributed by atoms with Crippen molar-refractivity contribution in [3.8, 4) is 5.75 Å². The fourth-order valence-corrected chi connectivity index (χ4v) is 2.95. The fourth-order valence-electron chi connectivity index (χ4n) is 2.50. The summed E-state index contributed by atoms with van der Waals surface area (Å²) in [5.41, 5.74) is 0.318. The minimum atomic E-state index is -3.86. The van der Waals surface area contributed by atoms with Gasteiger partial charge in [-0.1, -0.05) is 19.3 Å². The van der Waals surface area contributed by atoms with Crippen LogP contribution in [0.15, 0.2) is 12.1 Å². The van der Waals surface area contributed by atoms with Crippen molar-refractivity contribution in [1.82, 2.24) is 0 Å².